The van der Waals surface area contributed by atoms with Gasteiger partial charge in [0.1, 0.15) is 0 Å². The average molecular weight is 388 g/mol. The van der Waals surface area contributed by atoms with Crippen molar-refractivity contribution in [3.8, 4) is 0 Å². The summed E-state index contributed by atoms with van der Waals surface area (Å²) in [4.78, 5) is 0. The Morgan fingerprint density at radius 1 is 0.630 bits per heavy atom. The molecule has 2 aromatic rings. The summed E-state index contributed by atoms with van der Waals surface area (Å²) in [6.07, 6.45) is 11.6. The van der Waals surface area contributed by atoms with E-state index in [-0.39, 0.29) is 0 Å². The van der Waals surface area contributed by atoms with E-state index in [0.29, 0.717) is 0 Å². The molecule has 0 aromatic heterocycles. The molecular weight excluding hydrogens is 360 g/mol. The summed E-state index contributed by atoms with van der Waals surface area (Å²) in [5.41, 5.74) is 5.71. The van der Waals surface area contributed by atoms with E-state index in [1.165, 1.54) is 22.3 Å². The Labute approximate surface area is 167 Å². The Bertz CT molecular complexity index is 931. The van der Waals surface area contributed by atoms with Crippen molar-refractivity contribution in [1.82, 2.24) is 0 Å². The van der Waals surface area contributed by atoms with Crippen LogP contribution in [0.3, 0.4) is 0 Å². The molecule has 0 fully saturated rings. The van der Waals surface area contributed by atoms with E-state index >= 15 is 0 Å². The van der Waals surface area contributed by atoms with Crippen molar-refractivity contribution in [2.45, 2.75) is 40.5 Å². The summed E-state index contributed by atoms with van der Waals surface area (Å²) >= 11 is -2.95. The summed E-state index contributed by atoms with van der Waals surface area (Å²) in [6, 6.07) is 18.7. The van der Waals surface area contributed by atoms with Crippen molar-refractivity contribution in [2.24, 2.45) is 0 Å². The predicted octanol–water partition coefficient (Wildman–Crippen LogP) is 5.88. The van der Waals surface area contributed by atoms with Crippen LogP contribution in [0, 0.1) is 13.8 Å². The van der Waals surface area contributed by atoms with E-state index in [0.717, 1.165) is 12.8 Å². The summed E-state index contributed by atoms with van der Waals surface area (Å²) in [7, 11) is 0. The van der Waals surface area contributed by atoms with Gasteiger partial charge >= 0.3 is 168 Å². The molecule has 1 heteroatoms. The van der Waals surface area contributed by atoms with Gasteiger partial charge in [-0.3, -0.25) is 0 Å². The second kappa shape index (κ2) is 7.26. The maximum atomic E-state index is 2.47. The van der Waals surface area contributed by atoms with Crippen LogP contribution < -0.4 is 7.74 Å². The molecule has 0 N–H and O–H groups in total. The molecule has 2 aromatic carbocycles. The fraction of sp³-hybridized carbons (Fsp3) is 0.231. The van der Waals surface area contributed by atoms with Crippen LogP contribution in [0.25, 0.3) is 0 Å². The predicted molar refractivity (Wildman–Crippen MR) is 115 cm³/mol. The molecule has 0 spiro atoms. The number of hydrogen-bond acceptors (Lipinski definition) is 0. The first-order valence-corrected chi connectivity index (χ1v) is 13.0. The Hall–Kier alpha value is -1.89. The van der Waals surface area contributed by atoms with E-state index in [9.17, 15) is 0 Å². The second-order valence-corrected chi connectivity index (χ2v) is 14.1. The molecule has 0 nitrogen and oxygen atoms in total. The molecule has 27 heavy (non-hydrogen) atoms. The maximum absolute atomic E-state index is 2.95. The fourth-order valence-electron chi connectivity index (χ4n) is 4.93. The van der Waals surface area contributed by atoms with Crippen molar-refractivity contribution in [1.29, 1.82) is 0 Å². The van der Waals surface area contributed by atoms with E-state index in [1.54, 1.807) is 15.5 Å². The van der Waals surface area contributed by atoms with Gasteiger partial charge in [0, 0.05) is 0 Å². The molecule has 0 aliphatic heterocycles. The van der Waals surface area contributed by atoms with Crippen molar-refractivity contribution >= 4 is 7.74 Å². The zero-order chi connectivity index (χ0) is 19.0. The third kappa shape index (κ3) is 3.06. The molecule has 0 saturated carbocycles. The SMILES string of the molecule is CC1=[C]([Ti]([C]2=C(C)C=CC2)([c]2cccc(C)c2)[c]2cccc(C)c2)CC=C1. The Morgan fingerprint density at radius 2 is 1.07 bits per heavy atom. The zero-order valence-electron chi connectivity index (χ0n) is 16.8. The van der Waals surface area contributed by atoms with E-state index in [4.69, 9.17) is 0 Å². The van der Waals surface area contributed by atoms with Gasteiger partial charge in [-0.1, -0.05) is 0 Å². The Balaban J connectivity index is 2.13. The number of aryl methyl sites for hydroxylation is 2. The van der Waals surface area contributed by atoms with Gasteiger partial charge in [0.2, 0.25) is 0 Å². The summed E-state index contributed by atoms with van der Waals surface area (Å²) in [6.45, 7) is 9.11. The van der Waals surface area contributed by atoms with Crippen LogP contribution in [0.2, 0.25) is 0 Å². The van der Waals surface area contributed by atoms with Crippen molar-refractivity contribution in [3.05, 3.63) is 103 Å². The summed E-state index contributed by atoms with van der Waals surface area (Å²) < 4.78 is 6.59. The molecule has 0 amide bonds. The van der Waals surface area contributed by atoms with Crippen LogP contribution in [-0.4, -0.2) is 0 Å². The number of hydrogen-bond donors (Lipinski definition) is 0. The summed E-state index contributed by atoms with van der Waals surface area (Å²) in [5, 5.41) is 0. The van der Waals surface area contributed by atoms with Crippen LogP contribution in [0.5, 0.6) is 0 Å². The van der Waals surface area contributed by atoms with E-state index < -0.39 is 16.6 Å². The third-order valence-electron chi connectivity index (χ3n) is 6.14. The second-order valence-electron chi connectivity index (χ2n) is 8.03. The van der Waals surface area contributed by atoms with Crippen LogP contribution in [-0.2, 0) is 16.6 Å². The van der Waals surface area contributed by atoms with Crippen LogP contribution in [0.4, 0.5) is 0 Å². The molecule has 2 aliphatic carbocycles. The molecule has 136 valence electrons. The zero-order valence-corrected chi connectivity index (χ0v) is 18.4. The van der Waals surface area contributed by atoms with Gasteiger partial charge in [-0.05, 0) is 0 Å². The van der Waals surface area contributed by atoms with Gasteiger partial charge in [-0.25, -0.2) is 0 Å². The molecular formula is C26H28Ti. The van der Waals surface area contributed by atoms with Gasteiger partial charge in [-0.2, -0.15) is 0 Å². The minimum absolute atomic E-state index is 1.10. The molecule has 0 saturated heterocycles. The quantitative estimate of drug-likeness (QED) is 0.574. The van der Waals surface area contributed by atoms with Gasteiger partial charge in [-0.15, -0.1) is 0 Å². The Morgan fingerprint density at radius 3 is 1.41 bits per heavy atom. The van der Waals surface area contributed by atoms with Crippen LogP contribution in [0.15, 0.2) is 91.7 Å². The molecule has 0 heterocycles. The van der Waals surface area contributed by atoms with Crippen molar-refractivity contribution in [3.63, 3.8) is 0 Å². The first-order valence-electron chi connectivity index (χ1n) is 9.91. The van der Waals surface area contributed by atoms with Crippen LogP contribution >= 0.6 is 0 Å². The van der Waals surface area contributed by atoms with E-state index in [2.05, 4.69) is 101 Å². The van der Waals surface area contributed by atoms with Crippen LogP contribution in [0.1, 0.15) is 37.8 Å². The first kappa shape index (κ1) is 18.5. The third-order valence-corrected chi connectivity index (χ3v) is 14.5. The summed E-state index contributed by atoms with van der Waals surface area (Å²) in [5.74, 6) is 0. The average Bonchev–Trinajstić information content (AvgIpc) is 3.26. The van der Waals surface area contributed by atoms with Gasteiger partial charge < -0.3 is 0 Å². The molecule has 0 radical (unpaired) electrons. The molecule has 4 rings (SSSR count). The minimum atomic E-state index is -2.95. The molecule has 2 aliphatic rings. The monoisotopic (exact) mass is 388 g/mol. The Kier molecular flexibility index (Phi) is 4.97. The molecule has 0 unspecified atom stereocenters. The van der Waals surface area contributed by atoms with Gasteiger partial charge in [0.05, 0.1) is 0 Å². The van der Waals surface area contributed by atoms with Gasteiger partial charge in [0.25, 0.3) is 0 Å². The number of rotatable bonds is 4. The normalized spacial score (nSPS) is 16.7. The van der Waals surface area contributed by atoms with Crippen molar-refractivity contribution < 1.29 is 16.6 Å². The number of benzene rings is 2. The molecule has 0 bridgehead atoms. The van der Waals surface area contributed by atoms with E-state index in [1.807, 2.05) is 0 Å². The first-order chi connectivity index (χ1) is 13.0. The number of allylic oxidation sites excluding steroid dienone is 8. The fourth-order valence-corrected chi connectivity index (χ4v) is 14.1. The van der Waals surface area contributed by atoms with Crippen molar-refractivity contribution in [2.75, 3.05) is 0 Å². The topological polar surface area (TPSA) is 0 Å². The standard InChI is InChI=1S/2C7H7.2C6H7.Ti/c2*1-7-5-3-2-4-6-7;2*1-6-4-2-3-5-6;/h2*2-3,5-6H,1H3;2*2,4H,3H2,1H3;. The van der Waals surface area contributed by atoms with Gasteiger partial charge in [0.15, 0.2) is 0 Å². The molecule has 0 atom stereocenters.